The number of para-hydroxylation sites is 1. The number of hydrogen-bond donors (Lipinski definition) is 1. The van der Waals surface area contributed by atoms with Crippen molar-refractivity contribution in [3.05, 3.63) is 24.3 Å². The van der Waals surface area contributed by atoms with Crippen molar-refractivity contribution in [2.24, 2.45) is 5.92 Å². The quantitative estimate of drug-likeness (QED) is 0.814. The van der Waals surface area contributed by atoms with Crippen molar-refractivity contribution in [2.75, 3.05) is 0 Å². The van der Waals surface area contributed by atoms with E-state index in [0.717, 1.165) is 10.8 Å². The average molecular weight is 222 g/mol. The van der Waals surface area contributed by atoms with Crippen LogP contribution in [0.2, 0.25) is 0 Å². The lowest BCUT2D eigenvalue weighted by Gasteiger charge is -2.25. The third-order valence-corrected chi connectivity index (χ3v) is 4.53. The summed E-state index contributed by atoms with van der Waals surface area (Å²) in [7, 11) is 0. The fraction of sp³-hybridized carbons (Fsp3) is 0.538. The fourth-order valence-electron chi connectivity index (χ4n) is 2.08. The van der Waals surface area contributed by atoms with Crippen molar-refractivity contribution in [1.29, 1.82) is 0 Å². The molecule has 1 aromatic carbocycles. The Morgan fingerprint density at radius 3 is 2.47 bits per heavy atom. The summed E-state index contributed by atoms with van der Waals surface area (Å²) < 4.78 is 0. The maximum Gasteiger partial charge on any atom is 0.129 e. The van der Waals surface area contributed by atoms with Gasteiger partial charge in [-0.2, -0.15) is 0 Å². The molecular weight excluding hydrogens is 204 g/mol. The van der Waals surface area contributed by atoms with E-state index in [-0.39, 0.29) is 0 Å². The standard InChI is InChI=1S/C13H18OS/c1-10-6-8-11(9-7-10)15-13-5-3-2-4-12(13)14/h2-5,10-11,14H,6-9H2,1H3. The van der Waals surface area contributed by atoms with Crippen molar-refractivity contribution in [3.63, 3.8) is 0 Å². The number of phenolic OH excluding ortho intramolecular Hbond substituents is 1. The molecule has 0 aliphatic heterocycles. The Kier molecular flexibility index (Phi) is 3.57. The second-order valence-electron chi connectivity index (χ2n) is 4.47. The maximum atomic E-state index is 9.67. The minimum atomic E-state index is 0.432. The number of hydrogen-bond acceptors (Lipinski definition) is 2. The average Bonchev–Trinajstić information content (AvgIpc) is 2.25. The Labute approximate surface area is 95.9 Å². The molecule has 1 aliphatic carbocycles. The number of phenols is 1. The van der Waals surface area contributed by atoms with Crippen LogP contribution < -0.4 is 0 Å². The maximum absolute atomic E-state index is 9.67. The molecular formula is C13H18OS. The lowest BCUT2D eigenvalue weighted by atomic mass is 9.91. The second kappa shape index (κ2) is 4.93. The van der Waals surface area contributed by atoms with Gasteiger partial charge in [-0.25, -0.2) is 0 Å². The van der Waals surface area contributed by atoms with Gasteiger partial charge in [0.05, 0.1) is 0 Å². The van der Waals surface area contributed by atoms with Crippen LogP contribution in [0.25, 0.3) is 0 Å². The van der Waals surface area contributed by atoms with Crippen LogP contribution >= 0.6 is 11.8 Å². The Bertz CT molecular complexity index is 316. The van der Waals surface area contributed by atoms with Gasteiger partial charge in [-0.15, -0.1) is 11.8 Å². The van der Waals surface area contributed by atoms with Gasteiger partial charge in [0.25, 0.3) is 0 Å². The van der Waals surface area contributed by atoms with Crippen LogP contribution in [-0.2, 0) is 0 Å². The second-order valence-corrected chi connectivity index (χ2v) is 5.81. The van der Waals surface area contributed by atoms with Gasteiger partial charge < -0.3 is 5.11 Å². The Morgan fingerprint density at radius 1 is 1.13 bits per heavy atom. The van der Waals surface area contributed by atoms with Crippen LogP contribution in [0, 0.1) is 5.92 Å². The van der Waals surface area contributed by atoms with Gasteiger partial charge in [-0.05, 0) is 43.7 Å². The number of thioether (sulfide) groups is 1. The molecule has 0 radical (unpaired) electrons. The topological polar surface area (TPSA) is 20.2 Å². The van der Waals surface area contributed by atoms with E-state index in [1.54, 1.807) is 6.07 Å². The van der Waals surface area contributed by atoms with Gasteiger partial charge in [0.2, 0.25) is 0 Å². The molecule has 0 atom stereocenters. The SMILES string of the molecule is CC1CCC(Sc2ccccc2O)CC1. The zero-order chi connectivity index (χ0) is 10.7. The molecule has 0 heterocycles. The first-order valence-electron chi connectivity index (χ1n) is 5.70. The Balaban J connectivity index is 1.95. The zero-order valence-corrected chi connectivity index (χ0v) is 9.96. The molecule has 0 unspecified atom stereocenters. The molecule has 82 valence electrons. The molecule has 2 heteroatoms. The predicted molar refractivity (Wildman–Crippen MR) is 65.4 cm³/mol. The van der Waals surface area contributed by atoms with E-state index in [1.807, 2.05) is 30.0 Å². The molecule has 1 N–H and O–H groups in total. The van der Waals surface area contributed by atoms with E-state index in [1.165, 1.54) is 25.7 Å². The molecule has 0 amide bonds. The number of aromatic hydroxyl groups is 1. The summed E-state index contributed by atoms with van der Waals surface area (Å²) in [4.78, 5) is 1.04. The van der Waals surface area contributed by atoms with Gasteiger partial charge in [0.15, 0.2) is 0 Å². The van der Waals surface area contributed by atoms with Gasteiger partial charge in [0.1, 0.15) is 5.75 Å². The van der Waals surface area contributed by atoms with Gasteiger partial charge in [-0.3, -0.25) is 0 Å². The summed E-state index contributed by atoms with van der Waals surface area (Å²) in [5.74, 6) is 1.33. The van der Waals surface area contributed by atoms with Gasteiger partial charge >= 0.3 is 0 Å². The highest BCUT2D eigenvalue weighted by Gasteiger charge is 2.19. The van der Waals surface area contributed by atoms with Crippen LogP contribution in [0.15, 0.2) is 29.2 Å². The van der Waals surface area contributed by atoms with Crippen molar-refractivity contribution in [1.82, 2.24) is 0 Å². The van der Waals surface area contributed by atoms with Crippen molar-refractivity contribution in [2.45, 2.75) is 42.8 Å². The van der Waals surface area contributed by atoms with E-state index in [4.69, 9.17) is 0 Å². The molecule has 0 bridgehead atoms. The third-order valence-electron chi connectivity index (χ3n) is 3.12. The normalized spacial score (nSPS) is 26.5. The van der Waals surface area contributed by atoms with E-state index in [9.17, 15) is 5.11 Å². The summed E-state index contributed by atoms with van der Waals surface area (Å²) in [5.41, 5.74) is 0. The van der Waals surface area contributed by atoms with Crippen LogP contribution in [0.5, 0.6) is 5.75 Å². The predicted octanol–water partition coefficient (Wildman–Crippen LogP) is 4.06. The van der Waals surface area contributed by atoms with Gasteiger partial charge in [-0.1, -0.05) is 19.1 Å². The van der Waals surface area contributed by atoms with Crippen molar-refractivity contribution < 1.29 is 5.11 Å². The first kappa shape index (κ1) is 10.9. The summed E-state index contributed by atoms with van der Waals surface area (Å²) in [6.45, 7) is 2.33. The highest BCUT2D eigenvalue weighted by molar-refractivity contribution is 8.00. The monoisotopic (exact) mass is 222 g/mol. The van der Waals surface area contributed by atoms with Crippen molar-refractivity contribution >= 4 is 11.8 Å². The minimum Gasteiger partial charge on any atom is -0.507 e. The van der Waals surface area contributed by atoms with E-state index in [0.29, 0.717) is 11.0 Å². The van der Waals surface area contributed by atoms with Crippen LogP contribution in [0.1, 0.15) is 32.6 Å². The Morgan fingerprint density at radius 2 is 1.80 bits per heavy atom. The van der Waals surface area contributed by atoms with Gasteiger partial charge in [0, 0.05) is 10.1 Å². The van der Waals surface area contributed by atoms with Crippen LogP contribution in [-0.4, -0.2) is 10.4 Å². The van der Waals surface area contributed by atoms with E-state index < -0.39 is 0 Å². The van der Waals surface area contributed by atoms with E-state index >= 15 is 0 Å². The molecule has 2 rings (SSSR count). The molecule has 1 fully saturated rings. The highest BCUT2D eigenvalue weighted by Crippen LogP contribution is 2.38. The summed E-state index contributed by atoms with van der Waals surface area (Å²) in [6.07, 6.45) is 5.26. The largest absolute Gasteiger partial charge is 0.507 e. The third kappa shape index (κ3) is 2.91. The Hall–Kier alpha value is -0.630. The lowest BCUT2D eigenvalue weighted by Crippen LogP contribution is -2.13. The molecule has 0 saturated heterocycles. The molecule has 1 aromatic rings. The first-order valence-corrected chi connectivity index (χ1v) is 6.58. The highest BCUT2D eigenvalue weighted by atomic mass is 32.2. The van der Waals surface area contributed by atoms with Crippen molar-refractivity contribution in [3.8, 4) is 5.75 Å². The summed E-state index contributed by atoms with van der Waals surface area (Å²) in [6, 6.07) is 7.65. The van der Waals surface area contributed by atoms with Crippen LogP contribution in [0.4, 0.5) is 0 Å². The first-order chi connectivity index (χ1) is 7.25. The fourth-order valence-corrected chi connectivity index (χ4v) is 3.30. The summed E-state index contributed by atoms with van der Waals surface area (Å²) in [5, 5.41) is 10.4. The van der Waals surface area contributed by atoms with Crippen LogP contribution in [0.3, 0.4) is 0 Å². The molecule has 1 saturated carbocycles. The lowest BCUT2D eigenvalue weighted by molar-refractivity contribution is 0.393. The summed E-state index contributed by atoms with van der Waals surface area (Å²) >= 11 is 1.84. The molecule has 1 nitrogen and oxygen atoms in total. The number of benzene rings is 1. The van der Waals surface area contributed by atoms with E-state index in [2.05, 4.69) is 6.92 Å². The number of rotatable bonds is 2. The zero-order valence-electron chi connectivity index (χ0n) is 9.15. The smallest absolute Gasteiger partial charge is 0.129 e. The molecule has 15 heavy (non-hydrogen) atoms. The molecule has 1 aliphatic rings. The minimum absolute atomic E-state index is 0.432. The molecule has 0 aromatic heterocycles. The molecule has 0 spiro atoms.